The fraction of sp³-hybridized carbons (Fsp3) is 0.524. The Kier molecular flexibility index (Phi) is 8.44. The number of nitrogens with one attached hydrogen (secondary N) is 1. The van der Waals surface area contributed by atoms with Gasteiger partial charge in [0.05, 0.1) is 5.69 Å². The van der Waals surface area contributed by atoms with E-state index in [0.717, 1.165) is 62.1 Å². The summed E-state index contributed by atoms with van der Waals surface area (Å²) in [7, 11) is 1.71. The molecule has 158 valence electrons. The van der Waals surface area contributed by atoms with Gasteiger partial charge in [0.1, 0.15) is 11.1 Å². The number of carbonyl (C=O) groups is 1. The van der Waals surface area contributed by atoms with Gasteiger partial charge in [-0.15, -0.1) is 11.3 Å². The van der Waals surface area contributed by atoms with Crippen LogP contribution in [0.3, 0.4) is 0 Å². The van der Waals surface area contributed by atoms with Crippen LogP contribution >= 0.6 is 22.9 Å². The number of rotatable bonds is 8. The van der Waals surface area contributed by atoms with Gasteiger partial charge in [0.15, 0.2) is 0 Å². The minimum Gasteiger partial charge on any atom is -0.375 e. The number of anilines is 1. The van der Waals surface area contributed by atoms with Crippen molar-refractivity contribution < 1.29 is 9.53 Å². The van der Waals surface area contributed by atoms with Gasteiger partial charge in [0.25, 0.3) is 0 Å². The minimum atomic E-state index is 0.0237. The maximum absolute atomic E-state index is 12.2. The summed E-state index contributed by atoms with van der Waals surface area (Å²) in [5, 5.41) is 6.71. The highest BCUT2D eigenvalue weighted by atomic mass is 35.5. The number of nitrogens with zero attached hydrogens (tertiary/aromatic N) is 3. The van der Waals surface area contributed by atoms with Crippen LogP contribution in [0, 0.1) is 0 Å². The van der Waals surface area contributed by atoms with Crippen LogP contribution in [-0.2, 0) is 16.1 Å². The summed E-state index contributed by atoms with van der Waals surface area (Å²) in [4.78, 5) is 21.8. The number of ether oxygens (including phenoxy) is 1. The summed E-state index contributed by atoms with van der Waals surface area (Å²) in [6.45, 7) is 7.69. The number of halogens is 1. The third kappa shape index (κ3) is 7.04. The molecule has 0 unspecified atom stereocenters. The van der Waals surface area contributed by atoms with Crippen LogP contribution < -0.4 is 5.32 Å². The molecule has 1 aliphatic rings. The van der Waals surface area contributed by atoms with Crippen molar-refractivity contribution in [3.63, 3.8) is 0 Å². The number of hydrogen-bond acceptors (Lipinski definition) is 6. The Hall–Kier alpha value is -1.51. The largest absolute Gasteiger partial charge is 0.375 e. The zero-order chi connectivity index (χ0) is 20.6. The summed E-state index contributed by atoms with van der Waals surface area (Å²) in [6.07, 6.45) is 1.63. The van der Waals surface area contributed by atoms with Crippen LogP contribution in [-0.4, -0.2) is 60.5 Å². The Morgan fingerprint density at radius 3 is 2.90 bits per heavy atom. The van der Waals surface area contributed by atoms with Crippen LogP contribution in [0.2, 0.25) is 5.02 Å². The smallest absolute Gasteiger partial charge is 0.225 e. The van der Waals surface area contributed by atoms with Crippen molar-refractivity contribution >= 4 is 34.5 Å². The second-order valence-electron chi connectivity index (χ2n) is 7.33. The Labute approximate surface area is 181 Å². The highest BCUT2D eigenvalue weighted by Gasteiger charge is 2.17. The molecule has 0 aliphatic carbocycles. The van der Waals surface area contributed by atoms with Gasteiger partial charge in [-0.3, -0.25) is 9.69 Å². The summed E-state index contributed by atoms with van der Waals surface area (Å²) in [5.41, 5.74) is 1.86. The first-order valence-corrected chi connectivity index (χ1v) is 11.3. The molecule has 0 bridgehead atoms. The van der Waals surface area contributed by atoms with Gasteiger partial charge in [-0.2, -0.15) is 0 Å². The highest BCUT2D eigenvalue weighted by Crippen LogP contribution is 2.21. The Balaban J connectivity index is 1.41. The molecule has 2 heterocycles. The third-order valence-corrected chi connectivity index (χ3v) is 6.39. The predicted molar refractivity (Wildman–Crippen MR) is 119 cm³/mol. The van der Waals surface area contributed by atoms with E-state index < -0.39 is 0 Å². The molecule has 1 atom stereocenters. The molecule has 0 spiro atoms. The van der Waals surface area contributed by atoms with E-state index in [1.54, 1.807) is 30.6 Å². The van der Waals surface area contributed by atoms with Crippen molar-refractivity contribution in [2.45, 2.75) is 32.4 Å². The first-order chi connectivity index (χ1) is 14.0. The van der Waals surface area contributed by atoms with Gasteiger partial charge in [0, 0.05) is 55.8 Å². The Morgan fingerprint density at radius 2 is 2.10 bits per heavy atom. The molecule has 29 heavy (non-hydrogen) atoms. The van der Waals surface area contributed by atoms with E-state index in [2.05, 4.69) is 20.5 Å². The van der Waals surface area contributed by atoms with Crippen LogP contribution in [0.25, 0.3) is 0 Å². The standard InChI is InChI=1S/C21H29ClN4O2S/c1-16(28-2)21-24-19(15-29-21)14-26-9-4-8-25(11-12-26)10-7-20(27)23-18-6-3-5-17(22)13-18/h3,5-6,13,15-16H,4,7-12,14H2,1-2H3,(H,23,27)/t16-/m0/s1. The highest BCUT2D eigenvalue weighted by molar-refractivity contribution is 7.09. The fourth-order valence-electron chi connectivity index (χ4n) is 3.37. The number of thiazole rings is 1. The SMILES string of the molecule is CO[C@@H](C)c1nc(CN2CCCN(CCC(=O)Nc3cccc(Cl)c3)CC2)cs1. The molecule has 8 heteroatoms. The molecule has 1 aromatic heterocycles. The first kappa shape index (κ1) is 22.2. The van der Waals surface area contributed by atoms with E-state index in [4.69, 9.17) is 21.3 Å². The molecule has 1 aliphatic heterocycles. The number of hydrogen-bond donors (Lipinski definition) is 1. The molecule has 1 amide bonds. The minimum absolute atomic E-state index is 0.0237. The molecule has 0 saturated carbocycles. The number of carbonyl (C=O) groups excluding carboxylic acids is 1. The van der Waals surface area contributed by atoms with Crippen molar-refractivity contribution in [3.8, 4) is 0 Å². The van der Waals surface area contributed by atoms with Gasteiger partial charge >= 0.3 is 0 Å². The molecule has 1 N–H and O–H groups in total. The average Bonchev–Trinajstić information content (AvgIpc) is 3.05. The number of amides is 1. The summed E-state index contributed by atoms with van der Waals surface area (Å²) in [5.74, 6) is 0.0237. The summed E-state index contributed by atoms with van der Waals surface area (Å²) < 4.78 is 5.35. The normalized spacial score (nSPS) is 17.1. The lowest BCUT2D eigenvalue weighted by atomic mass is 10.3. The summed E-state index contributed by atoms with van der Waals surface area (Å²) >= 11 is 7.63. The van der Waals surface area contributed by atoms with Crippen molar-refractivity contribution in [1.82, 2.24) is 14.8 Å². The van der Waals surface area contributed by atoms with Crippen LogP contribution in [0.1, 0.15) is 36.6 Å². The maximum atomic E-state index is 12.2. The van der Waals surface area contributed by atoms with Gasteiger partial charge in [-0.05, 0) is 44.6 Å². The summed E-state index contributed by atoms with van der Waals surface area (Å²) in [6, 6.07) is 7.25. The molecule has 0 radical (unpaired) electrons. The fourth-order valence-corrected chi connectivity index (χ4v) is 4.40. The van der Waals surface area contributed by atoms with E-state index in [1.807, 2.05) is 19.1 Å². The van der Waals surface area contributed by atoms with Crippen molar-refractivity contribution in [2.24, 2.45) is 0 Å². The van der Waals surface area contributed by atoms with E-state index >= 15 is 0 Å². The zero-order valence-electron chi connectivity index (χ0n) is 17.1. The molecule has 1 saturated heterocycles. The number of benzene rings is 1. The van der Waals surface area contributed by atoms with Crippen LogP contribution in [0.15, 0.2) is 29.6 Å². The van der Waals surface area contributed by atoms with Gasteiger partial charge in [-0.25, -0.2) is 4.98 Å². The molecule has 2 aromatic rings. The lowest BCUT2D eigenvalue weighted by Crippen LogP contribution is -2.32. The maximum Gasteiger partial charge on any atom is 0.225 e. The second-order valence-corrected chi connectivity index (χ2v) is 8.66. The molecule has 1 fully saturated rings. The van der Waals surface area contributed by atoms with Crippen LogP contribution in [0.5, 0.6) is 0 Å². The van der Waals surface area contributed by atoms with E-state index in [0.29, 0.717) is 11.4 Å². The number of methoxy groups -OCH3 is 1. The molecular weight excluding hydrogens is 408 g/mol. The van der Waals surface area contributed by atoms with Gasteiger partial charge in [-0.1, -0.05) is 17.7 Å². The van der Waals surface area contributed by atoms with Crippen molar-refractivity contribution in [3.05, 3.63) is 45.4 Å². The topological polar surface area (TPSA) is 57.7 Å². The monoisotopic (exact) mass is 436 g/mol. The third-order valence-electron chi connectivity index (χ3n) is 5.10. The Bertz CT molecular complexity index is 800. The average molecular weight is 437 g/mol. The first-order valence-electron chi connectivity index (χ1n) is 10.0. The van der Waals surface area contributed by atoms with Crippen LogP contribution in [0.4, 0.5) is 5.69 Å². The lowest BCUT2D eigenvalue weighted by molar-refractivity contribution is -0.116. The van der Waals surface area contributed by atoms with Gasteiger partial charge < -0.3 is 15.0 Å². The number of aromatic nitrogens is 1. The molecule has 1 aromatic carbocycles. The Morgan fingerprint density at radius 1 is 1.31 bits per heavy atom. The predicted octanol–water partition coefficient (Wildman–Crippen LogP) is 4.04. The van der Waals surface area contributed by atoms with E-state index in [1.165, 1.54) is 0 Å². The van der Waals surface area contributed by atoms with E-state index in [-0.39, 0.29) is 12.0 Å². The quantitative estimate of drug-likeness (QED) is 0.676. The molecular formula is C21H29ClN4O2S. The second kappa shape index (κ2) is 11.0. The molecule has 6 nitrogen and oxygen atoms in total. The van der Waals surface area contributed by atoms with Crippen molar-refractivity contribution in [2.75, 3.05) is 45.2 Å². The zero-order valence-corrected chi connectivity index (χ0v) is 18.6. The van der Waals surface area contributed by atoms with E-state index in [9.17, 15) is 4.79 Å². The molecule has 3 rings (SSSR count). The van der Waals surface area contributed by atoms with Crippen molar-refractivity contribution in [1.29, 1.82) is 0 Å². The van der Waals surface area contributed by atoms with Gasteiger partial charge in [0.2, 0.25) is 5.91 Å². The lowest BCUT2D eigenvalue weighted by Gasteiger charge is -2.21.